The topological polar surface area (TPSA) is 101 Å². The molecule has 0 fully saturated rings. The van der Waals surface area contributed by atoms with Crippen molar-refractivity contribution in [3.8, 4) is 0 Å². The highest BCUT2D eigenvalue weighted by Gasteiger charge is 2.20. The minimum Gasteiger partial charge on any atom is -0.399 e. The van der Waals surface area contributed by atoms with Gasteiger partial charge in [-0.3, -0.25) is 4.79 Å². The van der Waals surface area contributed by atoms with Crippen molar-refractivity contribution in [2.45, 2.75) is 31.2 Å². The van der Waals surface area contributed by atoms with Crippen molar-refractivity contribution < 1.29 is 13.2 Å². The molecule has 1 aromatic carbocycles. The van der Waals surface area contributed by atoms with Gasteiger partial charge in [-0.2, -0.15) is 0 Å². The predicted octanol–water partition coefficient (Wildman–Crippen LogP) is 1.12. The largest absolute Gasteiger partial charge is 0.399 e. The van der Waals surface area contributed by atoms with E-state index >= 15 is 0 Å². The van der Waals surface area contributed by atoms with Crippen LogP contribution in [0.1, 0.15) is 20.8 Å². The number of carbonyl (C=O) groups is 1. The first-order valence-corrected chi connectivity index (χ1v) is 7.73. The molecule has 0 aromatic heterocycles. The third kappa shape index (κ3) is 4.99. The molecule has 8 heteroatoms. The number of nitrogens with two attached hydrogens (primary N) is 1. The molecule has 0 radical (unpaired) electrons. The Kier molecular flexibility index (Phi) is 5.01. The first-order valence-electron chi connectivity index (χ1n) is 5.87. The molecule has 0 aliphatic carbocycles. The van der Waals surface area contributed by atoms with E-state index in [1.165, 1.54) is 18.2 Å². The molecule has 20 heavy (non-hydrogen) atoms. The van der Waals surface area contributed by atoms with Crippen molar-refractivity contribution in [3.63, 3.8) is 0 Å². The lowest BCUT2D eigenvalue weighted by molar-refractivity contribution is -0.121. The summed E-state index contributed by atoms with van der Waals surface area (Å²) in [5, 5.41) is 2.69. The van der Waals surface area contributed by atoms with Gasteiger partial charge in [0.2, 0.25) is 15.9 Å². The number of sulfonamides is 1. The Hall–Kier alpha value is -1.31. The Bertz CT molecular complexity index is 609. The van der Waals surface area contributed by atoms with E-state index in [4.69, 9.17) is 17.3 Å². The Morgan fingerprint density at radius 3 is 2.50 bits per heavy atom. The summed E-state index contributed by atoms with van der Waals surface area (Å²) in [6.07, 6.45) is 0. The van der Waals surface area contributed by atoms with Crippen LogP contribution in [-0.2, 0) is 14.8 Å². The number of carbonyl (C=O) groups excluding carboxylic acids is 1. The first-order chi connectivity index (χ1) is 9.01. The Morgan fingerprint density at radius 1 is 1.35 bits per heavy atom. The molecule has 6 nitrogen and oxygen atoms in total. The van der Waals surface area contributed by atoms with Gasteiger partial charge in [0.25, 0.3) is 0 Å². The second-order valence-electron chi connectivity index (χ2n) is 5.31. The van der Waals surface area contributed by atoms with Crippen LogP contribution in [0.25, 0.3) is 0 Å². The Morgan fingerprint density at radius 2 is 1.95 bits per heavy atom. The number of benzene rings is 1. The average molecular weight is 320 g/mol. The molecule has 0 spiro atoms. The number of nitrogens with one attached hydrogen (secondary N) is 2. The zero-order valence-corrected chi connectivity index (χ0v) is 13.1. The van der Waals surface area contributed by atoms with Crippen LogP contribution in [0.3, 0.4) is 0 Å². The van der Waals surface area contributed by atoms with E-state index in [9.17, 15) is 13.2 Å². The van der Waals surface area contributed by atoms with Crippen LogP contribution in [0, 0.1) is 0 Å². The van der Waals surface area contributed by atoms with Crippen molar-refractivity contribution in [1.82, 2.24) is 10.0 Å². The molecule has 0 heterocycles. The minimum absolute atomic E-state index is 0.0444. The molecule has 0 unspecified atom stereocenters. The van der Waals surface area contributed by atoms with Gasteiger partial charge in [-0.05, 0) is 39.0 Å². The summed E-state index contributed by atoms with van der Waals surface area (Å²) >= 11 is 5.83. The van der Waals surface area contributed by atoms with Crippen molar-refractivity contribution in [2.24, 2.45) is 0 Å². The second kappa shape index (κ2) is 5.99. The average Bonchev–Trinajstić information content (AvgIpc) is 2.27. The normalized spacial score (nSPS) is 12.2. The molecule has 0 bridgehead atoms. The third-order valence-corrected chi connectivity index (χ3v) is 4.06. The molecule has 112 valence electrons. The van der Waals surface area contributed by atoms with Gasteiger partial charge in [0.1, 0.15) is 4.90 Å². The highest BCUT2D eigenvalue weighted by atomic mass is 35.5. The van der Waals surface area contributed by atoms with Crippen LogP contribution in [0.5, 0.6) is 0 Å². The number of halogens is 1. The summed E-state index contributed by atoms with van der Waals surface area (Å²) in [6, 6.07) is 4.13. The Balaban J connectivity index is 2.81. The lowest BCUT2D eigenvalue weighted by atomic mass is 10.1. The zero-order valence-electron chi connectivity index (χ0n) is 11.5. The van der Waals surface area contributed by atoms with E-state index in [2.05, 4.69) is 10.0 Å². The van der Waals surface area contributed by atoms with E-state index in [0.29, 0.717) is 0 Å². The SMILES string of the molecule is CC(C)(C)NC(=O)CNS(=O)(=O)c1cc(N)ccc1Cl. The number of anilines is 1. The van der Waals surface area contributed by atoms with E-state index < -0.39 is 21.5 Å². The van der Waals surface area contributed by atoms with E-state index in [-0.39, 0.29) is 22.2 Å². The van der Waals surface area contributed by atoms with Crippen LogP contribution in [-0.4, -0.2) is 26.4 Å². The molecule has 1 rings (SSSR count). The molecular formula is C12H18ClN3O3S. The van der Waals surface area contributed by atoms with Crippen molar-refractivity contribution in [1.29, 1.82) is 0 Å². The maximum Gasteiger partial charge on any atom is 0.242 e. The van der Waals surface area contributed by atoms with Crippen molar-refractivity contribution in [3.05, 3.63) is 23.2 Å². The van der Waals surface area contributed by atoms with Crippen LogP contribution in [0.15, 0.2) is 23.1 Å². The summed E-state index contributed by atoms with van der Waals surface area (Å²) in [5.74, 6) is -0.430. The number of amides is 1. The van der Waals surface area contributed by atoms with E-state index in [1.54, 1.807) is 20.8 Å². The number of nitrogen functional groups attached to an aromatic ring is 1. The second-order valence-corrected chi connectivity index (χ2v) is 7.46. The van der Waals surface area contributed by atoms with Crippen LogP contribution in [0.4, 0.5) is 5.69 Å². The predicted molar refractivity (Wildman–Crippen MR) is 78.9 cm³/mol. The highest BCUT2D eigenvalue weighted by molar-refractivity contribution is 7.89. The molecule has 0 saturated carbocycles. The lowest BCUT2D eigenvalue weighted by Gasteiger charge is -2.20. The number of rotatable bonds is 4. The number of hydrogen-bond acceptors (Lipinski definition) is 4. The maximum absolute atomic E-state index is 12.0. The molecule has 0 aliphatic rings. The summed E-state index contributed by atoms with van der Waals surface area (Å²) in [5.41, 5.74) is 5.37. The monoisotopic (exact) mass is 319 g/mol. The molecular weight excluding hydrogens is 302 g/mol. The third-order valence-electron chi connectivity index (χ3n) is 2.18. The van der Waals surface area contributed by atoms with E-state index in [0.717, 1.165) is 0 Å². The van der Waals surface area contributed by atoms with Gasteiger partial charge in [0.15, 0.2) is 0 Å². The summed E-state index contributed by atoms with van der Waals surface area (Å²) in [6.45, 7) is 5.03. The summed E-state index contributed by atoms with van der Waals surface area (Å²) < 4.78 is 26.3. The van der Waals surface area contributed by atoms with Gasteiger partial charge in [-0.25, -0.2) is 13.1 Å². The van der Waals surface area contributed by atoms with Crippen LogP contribution >= 0.6 is 11.6 Å². The lowest BCUT2D eigenvalue weighted by Crippen LogP contribution is -2.45. The fourth-order valence-electron chi connectivity index (χ4n) is 1.43. The van der Waals surface area contributed by atoms with Crippen LogP contribution in [0.2, 0.25) is 5.02 Å². The van der Waals surface area contributed by atoms with Crippen molar-refractivity contribution >= 4 is 33.2 Å². The van der Waals surface area contributed by atoms with Crippen LogP contribution < -0.4 is 15.8 Å². The van der Waals surface area contributed by atoms with E-state index in [1.807, 2.05) is 0 Å². The summed E-state index contributed by atoms with van der Waals surface area (Å²) in [4.78, 5) is 11.4. The van der Waals surface area contributed by atoms with Gasteiger partial charge in [0.05, 0.1) is 11.6 Å². The zero-order chi connectivity index (χ0) is 15.6. The smallest absolute Gasteiger partial charge is 0.242 e. The standard InChI is InChI=1S/C12H18ClN3O3S/c1-12(2,3)16-11(17)7-15-20(18,19)10-6-8(14)4-5-9(10)13/h4-6,15H,7,14H2,1-3H3,(H,16,17). The fraction of sp³-hybridized carbons (Fsp3) is 0.417. The highest BCUT2D eigenvalue weighted by Crippen LogP contribution is 2.23. The first kappa shape index (κ1) is 16.7. The van der Waals surface area contributed by atoms with Gasteiger partial charge < -0.3 is 11.1 Å². The maximum atomic E-state index is 12.0. The minimum atomic E-state index is -3.89. The van der Waals surface area contributed by atoms with Gasteiger partial charge >= 0.3 is 0 Å². The summed E-state index contributed by atoms with van der Waals surface area (Å²) in [7, 11) is -3.89. The molecule has 0 saturated heterocycles. The van der Waals surface area contributed by atoms with Gasteiger partial charge in [0, 0.05) is 11.2 Å². The molecule has 1 amide bonds. The molecule has 0 atom stereocenters. The quantitative estimate of drug-likeness (QED) is 0.724. The molecule has 4 N–H and O–H groups in total. The number of hydrogen-bond donors (Lipinski definition) is 3. The fourth-order valence-corrected chi connectivity index (χ4v) is 2.94. The molecule has 1 aromatic rings. The Labute approximate surface area is 123 Å². The molecule has 0 aliphatic heterocycles. The van der Waals surface area contributed by atoms with Crippen molar-refractivity contribution in [2.75, 3.05) is 12.3 Å². The van der Waals surface area contributed by atoms with Gasteiger partial charge in [-0.15, -0.1) is 0 Å². The van der Waals surface area contributed by atoms with Gasteiger partial charge in [-0.1, -0.05) is 11.6 Å².